The van der Waals surface area contributed by atoms with Crippen molar-refractivity contribution >= 4 is 28.4 Å². The molecule has 0 saturated heterocycles. The van der Waals surface area contributed by atoms with Gasteiger partial charge in [0, 0.05) is 5.02 Å². The van der Waals surface area contributed by atoms with Gasteiger partial charge in [-0.15, -0.1) is 0 Å². The molecule has 4 rings (SSSR count). The fraction of sp³-hybridized carbons (Fsp3) is 0.211. The van der Waals surface area contributed by atoms with Crippen LogP contribution in [0.3, 0.4) is 0 Å². The van der Waals surface area contributed by atoms with Gasteiger partial charge in [-0.25, -0.2) is 4.98 Å². The number of aryl methyl sites for hydroxylation is 1. The number of carbonyl (C=O) groups excluding carboxylic acids is 1. The Hall–Kier alpha value is -2.66. The highest BCUT2D eigenvalue weighted by atomic mass is 35.5. The van der Waals surface area contributed by atoms with Crippen LogP contribution in [0.5, 0.6) is 0 Å². The predicted octanol–water partition coefficient (Wildman–Crippen LogP) is 2.85. The van der Waals surface area contributed by atoms with Gasteiger partial charge in [-0.05, 0) is 48.2 Å². The van der Waals surface area contributed by atoms with Gasteiger partial charge in [-0.2, -0.15) is 0 Å². The molecular weight excluding hydrogens is 338 g/mol. The minimum absolute atomic E-state index is 0.0381. The van der Waals surface area contributed by atoms with E-state index in [1.807, 2.05) is 24.3 Å². The average Bonchev–Trinajstić information content (AvgIpc) is 2.99. The van der Waals surface area contributed by atoms with E-state index in [0.29, 0.717) is 15.9 Å². The number of halogens is 1. The molecule has 126 valence electrons. The van der Waals surface area contributed by atoms with Crippen LogP contribution in [0.2, 0.25) is 5.02 Å². The van der Waals surface area contributed by atoms with E-state index in [2.05, 4.69) is 10.3 Å². The molecule has 1 aliphatic rings. The van der Waals surface area contributed by atoms with E-state index in [9.17, 15) is 9.59 Å². The fourth-order valence-corrected chi connectivity index (χ4v) is 3.54. The first-order chi connectivity index (χ1) is 12.1. The van der Waals surface area contributed by atoms with Crippen LogP contribution in [-0.2, 0) is 17.8 Å². The summed E-state index contributed by atoms with van der Waals surface area (Å²) in [7, 11) is 0. The fourth-order valence-electron chi connectivity index (χ4n) is 3.35. The van der Waals surface area contributed by atoms with Crippen molar-refractivity contribution in [3.05, 3.63) is 75.3 Å². The third-order valence-corrected chi connectivity index (χ3v) is 4.80. The molecule has 0 spiro atoms. The molecule has 0 fully saturated rings. The highest BCUT2D eigenvalue weighted by Gasteiger charge is 2.24. The maximum absolute atomic E-state index is 12.5. The van der Waals surface area contributed by atoms with Crippen LogP contribution in [0.4, 0.5) is 0 Å². The van der Waals surface area contributed by atoms with Crippen LogP contribution in [0.1, 0.15) is 23.6 Å². The highest BCUT2D eigenvalue weighted by Crippen LogP contribution is 2.32. The lowest BCUT2D eigenvalue weighted by Crippen LogP contribution is -2.34. The first kappa shape index (κ1) is 15.8. The Morgan fingerprint density at radius 2 is 2.12 bits per heavy atom. The number of para-hydroxylation sites is 1. The third-order valence-electron chi connectivity index (χ3n) is 4.56. The summed E-state index contributed by atoms with van der Waals surface area (Å²) in [6.07, 6.45) is 3.15. The van der Waals surface area contributed by atoms with E-state index in [1.165, 1.54) is 16.5 Å². The van der Waals surface area contributed by atoms with Crippen molar-refractivity contribution in [3.8, 4) is 0 Å². The van der Waals surface area contributed by atoms with Crippen LogP contribution in [0.15, 0.2) is 53.6 Å². The van der Waals surface area contributed by atoms with E-state index in [1.54, 1.807) is 18.2 Å². The van der Waals surface area contributed by atoms with Gasteiger partial charge in [0.2, 0.25) is 5.91 Å². The van der Waals surface area contributed by atoms with Crippen molar-refractivity contribution in [2.45, 2.75) is 25.4 Å². The van der Waals surface area contributed by atoms with Gasteiger partial charge < -0.3 is 5.32 Å². The molecule has 1 aliphatic carbocycles. The second-order valence-electron chi connectivity index (χ2n) is 6.20. The molecule has 0 unspecified atom stereocenters. The van der Waals surface area contributed by atoms with Crippen molar-refractivity contribution in [1.29, 1.82) is 0 Å². The van der Waals surface area contributed by atoms with Crippen molar-refractivity contribution in [2.75, 3.05) is 0 Å². The summed E-state index contributed by atoms with van der Waals surface area (Å²) < 4.78 is 1.34. The Bertz CT molecular complexity index is 1030. The zero-order chi connectivity index (χ0) is 17.4. The number of fused-ring (bicyclic) bond motifs is 2. The Labute approximate surface area is 149 Å². The Morgan fingerprint density at radius 1 is 1.28 bits per heavy atom. The highest BCUT2D eigenvalue weighted by molar-refractivity contribution is 6.30. The largest absolute Gasteiger partial charge is 0.348 e. The maximum Gasteiger partial charge on any atom is 0.261 e. The summed E-state index contributed by atoms with van der Waals surface area (Å²) >= 11 is 6.02. The Balaban J connectivity index is 1.52. The van der Waals surface area contributed by atoms with Crippen LogP contribution in [-0.4, -0.2) is 15.5 Å². The average molecular weight is 354 g/mol. The second-order valence-corrected chi connectivity index (χ2v) is 6.63. The standard InChI is InChI=1S/C19H16ClN3O2/c20-13-6-7-14-12(9-13)5-8-17(14)22-18(24)10-23-11-21-16-4-2-1-3-15(16)19(23)25/h1-4,6-7,9,11,17H,5,8,10H2,(H,22,24)/t17-/m1/s1. The topological polar surface area (TPSA) is 64.0 Å². The number of hydrogen-bond donors (Lipinski definition) is 1. The number of rotatable bonds is 3. The minimum Gasteiger partial charge on any atom is -0.348 e. The van der Waals surface area contributed by atoms with Crippen LogP contribution >= 0.6 is 11.6 Å². The molecule has 2 aromatic carbocycles. The predicted molar refractivity (Wildman–Crippen MR) is 96.7 cm³/mol. The zero-order valence-corrected chi connectivity index (χ0v) is 14.2. The summed E-state index contributed by atoms with van der Waals surface area (Å²) in [5.41, 5.74) is 2.69. The summed E-state index contributed by atoms with van der Waals surface area (Å²) in [5, 5.41) is 4.23. The second kappa shape index (κ2) is 6.33. The molecule has 25 heavy (non-hydrogen) atoms. The number of amides is 1. The normalized spacial score (nSPS) is 16.0. The molecule has 1 N–H and O–H groups in total. The maximum atomic E-state index is 12.5. The number of benzene rings is 2. The number of nitrogens with zero attached hydrogens (tertiary/aromatic N) is 2. The lowest BCUT2D eigenvalue weighted by molar-refractivity contribution is -0.122. The van der Waals surface area contributed by atoms with Gasteiger partial charge in [-0.1, -0.05) is 29.8 Å². The van der Waals surface area contributed by atoms with Gasteiger partial charge in [0.05, 0.1) is 23.3 Å². The first-order valence-electron chi connectivity index (χ1n) is 8.14. The zero-order valence-electron chi connectivity index (χ0n) is 13.4. The molecule has 6 heteroatoms. The van der Waals surface area contributed by atoms with Gasteiger partial charge in [0.15, 0.2) is 0 Å². The molecule has 1 amide bonds. The number of hydrogen-bond acceptors (Lipinski definition) is 3. The van der Waals surface area contributed by atoms with Crippen molar-refractivity contribution < 1.29 is 4.79 Å². The van der Waals surface area contributed by atoms with Crippen molar-refractivity contribution in [2.24, 2.45) is 0 Å². The summed E-state index contributed by atoms with van der Waals surface area (Å²) in [6, 6.07) is 12.8. The lowest BCUT2D eigenvalue weighted by Gasteiger charge is -2.15. The smallest absolute Gasteiger partial charge is 0.261 e. The van der Waals surface area contributed by atoms with E-state index in [4.69, 9.17) is 11.6 Å². The van der Waals surface area contributed by atoms with Crippen LogP contribution in [0, 0.1) is 0 Å². The molecule has 3 aromatic rings. The Morgan fingerprint density at radius 3 is 3.00 bits per heavy atom. The molecule has 1 atom stereocenters. The summed E-state index contributed by atoms with van der Waals surface area (Å²) in [6.45, 7) is -0.0455. The molecule has 1 aromatic heterocycles. The molecular formula is C19H16ClN3O2. The molecule has 0 saturated carbocycles. The third kappa shape index (κ3) is 3.03. The minimum atomic E-state index is -0.209. The van der Waals surface area contributed by atoms with Crippen LogP contribution < -0.4 is 10.9 Å². The van der Waals surface area contributed by atoms with Gasteiger partial charge in [0.1, 0.15) is 6.54 Å². The number of aromatic nitrogens is 2. The molecule has 5 nitrogen and oxygen atoms in total. The molecule has 0 radical (unpaired) electrons. The van der Waals surface area contributed by atoms with Crippen molar-refractivity contribution in [3.63, 3.8) is 0 Å². The first-order valence-corrected chi connectivity index (χ1v) is 8.51. The monoisotopic (exact) mass is 353 g/mol. The van der Waals surface area contributed by atoms with Crippen LogP contribution in [0.25, 0.3) is 10.9 Å². The SMILES string of the molecule is O=C(Cn1cnc2ccccc2c1=O)N[C@@H]1CCc2cc(Cl)ccc21. The van der Waals surface area contributed by atoms with E-state index in [-0.39, 0.29) is 24.1 Å². The molecule has 1 heterocycles. The van der Waals surface area contributed by atoms with Gasteiger partial charge >= 0.3 is 0 Å². The Kier molecular flexibility index (Phi) is 4.01. The van der Waals surface area contributed by atoms with E-state index in [0.717, 1.165) is 18.4 Å². The van der Waals surface area contributed by atoms with Gasteiger partial charge in [0.25, 0.3) is 5.56 Å². The molecule has 0 bridgehead atoms. The van der Waals surface area contributed by atoms with E-state index < -0.39 is 0 Å². The van der Waals surface area contributed by atoms with Crippen molar-refractivity contribution in [1.82, 2.24) is 14.9 Å². The molecule has 0 aliphatic heterocycles. The number of nitrogens with one attached hydrogen (secondary N) is 1. The lowest BCUT2D eigenvalue weighted by atomic mass is 10.1. The summed E-state index contributed by atoms with van der Waals surface area (Å²) in [4.78, 5) is 29.1. The van der Waals surface area contributed by atoms with E-state index >= 15 is 0 Å². The number of carbonyl (C=O) groups is 1. The quantitative estimate of drug-likeness (QED) is 0.787. The summed E-state index contributed by atoms with van der Waals surface area (Å²) in [5.74, 6) is -0.202. The van der Waals surface area contributed by atoms with Gasteiger partial charge in [-0.3, -0.25) is 14.2 Å².